The number of hydrogen-bond donors (Lipinski definition) is 2. The van der Waals surface area contributed by atoms with E-state index in [0.717, 1.165) is 28.6 Å². The highest BCUT2D eigenvalue weighted by Crippen LogP contribution is 2.29. The van der Waals surface area contributed by atoms with Gasteiger partial charge in [0.05, 0.1) is 21.7 Å². The molecule has 1 amide bonds. The number of β-amino-alcohol motifs (C(OH)–C–C–N with tert-alkyl or cyclic N) is 1. The first-order chi connectivity index (χ1) is 12.6. The van der Waals surface area contributed by atoms with E-state index in [4.69, 9.17) is 23.2 Å². The van der Waals surface area contributed by atoms with Crippen LogP contribution in [-0.4, -0.2) is 42.9 Å². The number of carbonyl (C=O) groups excluding carboxylic acids is 1. The number of anilines is 1. The number of rotatable bonds is 4. The Morgan fingerprint density at radius 1 is 1.11 bits per heavy atom. The monoisotopic (exact) mass is 436 g/mol. The van der Waals surface area contributed by atoms with Crippen LogP contribution >= 0.6 is 23.2 Å². The Morgan fingerprint density at radius 3 is 2.37 bits per heavy atom. The smallest absolute Gasteiger partial charge is 0.257 e. The lowest BCUT2D eigenvalue weighted by Crippen LogP contribution is -2.53. The molecule has 1 saturated heterocycles. The van der Waals surface area contributed by atoms with Gasteiger partial charge in [-0.15, -0.1) is 0 Å². The summed E-state index contributed by atoms with van der Waals surface area (Å²) in [6.07, 6.45) is -0.818. The molecule has 1 heterocycles. The Bertz CT molecular complexity index is 1030. The highest BCUT2D eigenvalue weighted by molar-refractivity contribution is 7.89. The van der Waals surface area contributed by atoms with Crippen LogP contribution in [0.1, 0.15) is 10.4 Å². The van der Waals surface area contributed by atoms with Gasteiger partial charge in [-0.2, -0.15) is 4.31 Å². The first-order valence-electron chi connectivity index (χ1n) is 7.53. The number of nitrogens with zero attached hydrogens (tertiary/aromatic N) is 1. The van der Waals surface area contributed by atoms with E-state index < -0.39 is 38.6 Å². The van der Waals surface area contributed by atoms with Crippen molar-refractivity contribution in [1.29, 1.82) is 0 Å². The normalized spacial score (nSPS) is 15.4. The van der Waals surface area contributed by atoms with E-state index in [0.29, 0.717) is 0 Å². The van der Waals surface area contributed by atoms with Gasteiger partial charge >= 0.3 is 0 Å². The number of aliphatic hydroxyl groups is 1. The number of carbonyl (C=O) groups is 1. The molecule has 2 aromatic carbocycles. The fourth-order valence-corrected chi connectivity index (χ4v) is 4.43. The zero-order valence-electron chi connectivity index (χ0n) is 13.4. The Hall–Kier alpha value is -1.78. The molecule has 0 aliphatic carbocycles. The average Bonchev–Trinajstić information content (AvgIpc) is 2.55. The molecule has 2 N–H and O–H groups in total. The van der Waals surface area contributed by atoms with E-state index in [1.807, 2.05) is 0 Å². The Labute approximate surface area is 163 Å². The van der Waals surface area contributed by atoms with E-state index in [1.54, 1.807) is 0 Å². The fourth-order valence-electron chi connectivity index (χ4n) is 2.43. The molecule has 0 radical (unpaired) electrons. The number of amides is 1. The molecule has 3 rings (SSSR count). The van der Waals surface area contributed by atoms with Crippen molar-refractivity contribution < 1.29 is 27.1 Å². The van der Waals surface area contributed by atoms with E-state index >= 15 is 0 Å². The average molecular weight is 437 g/mol. The quantitative estimate of drug-likeness (QED) is 0.771. The summed E-state index contributed by atoms with van der Waals surface area (Å²) in [7, 11) is -4.23. The first kappa shape index (κ1) is 20.0. The van der Waals surface area contributed by atoms with Crippen LogP contribution in [0.15, 0.2) is 35.2 Å². The standard InChI is InChI=1S/C16H12Cl2F2N2O4S/c17-11-5-14(20)15(27(25,26)22-6-9(23)7-22)4-10(11)16(24)21-8-1-2-13(19)12(18)3-8/h1-5,9,23H,6-7H2,(H,21,24). The number of aliphatic hydroxyl groups excluding tert-OH is 1. The number of benzene rings is 2. The van der Waals surface area contributed by atoms with Crippen LogP contribution in [0.2, 0.25) is 10.0 Å². The minimum atomic E-state index is -4.23. The lowest BCUT2D eigenvalue weighted by Gasteiger charge is -2.34. The minimum Gasteiger partial charge on any atom is -0.390 e. The molecular weight excluding hydrogens is 425 g/mol. The van der Waals surface area contributed by atoms with Gasteiger partial charge in [0.25, 0.3) is 5.91 Å². The Morgan fingerprint density at radius 2 is 1.78 bits per heavy atom. The summed E-state index contributed by atoms with van der Waals surface area (Å²) in [5.41, 5.74) is -0.153. The van der Waals surface area contributed by atoms with E-state index in [1.165, 1.54) is 6.07 Å². The molecule has 27 heavy (non-hydrogen) atoms. The predicted molar refractivity (Wildman–Crippen MR) is 95.5 cm³/mol. The molecule has 1 aliphatic rings. The van der Waals surface area contributed by atoms with Gasteiger partial charge in [-0.3, -0.25) is 4.79 Å². The predicted octanol–water partition coefficient (Wildman–Crippen LogP) is 2.89. The van der Waals surface area contributed by atoms with E-state index in [-0.39, 0.29) is 34.4 Å². The van der Waals surface area contributed by atoms with Crippen molar-refractivity contribution in [2.24, 2.45) is 0 Å². The van der Waals surface area contributed by atoms with Crippen molar-refractivity contribution in [3.8, 4) is 0 Å². The van der Waals surface area contributed by atoms with Gasteiger partial charge in [-0.05, 0) is 30.3 Å². The maximum absolute atomic E-state index is 14.2. The van der Waals surface area contributed by atoms with Gasteiger partial charge in [0.15, 0.2) is 0 Å². The third-order valence-corrected chi connectivity index (χ3v) is 6.34. The van der Waals surface area contributed by atoms with E-state index in [9.17, 15) is 27.1 Å². The van der Waals surface area contributed by atoms with Crippen molar-refractivity contribution in [3.63, 3.8) is 0 Å². The summed E-state index contributed by atoms with van der Waals surface area (Å²) in [6, 6.07) is 4.98. The third-order valence-electron chi connectivity index (χ3n) is 3.89. The van der Waals surface area contributed by atoms with Gasteiger partial charge in [0.1, 0.15) is 16.5 Å². The number of hydrogen-bond acceptors (Lipinski definition) is 4. The molecule has 11 heteroatoms. The number of halogens is 4. The Balaban J connectivity index is 1.93. The van der Waals surface area contributed by atoms with Crippen molar-refractivity contribution >= 4 is 44.8 Å². The zero-order valence-corrected chi connectivity index (χ0v) is 15.7. The molecule has 1 fully saturated rings. The topological polar surface area (TPSA) is 86.7 Å². The fraction of sp³-hybridized carbons (Fsp3) is 0.188. The highest BCUT2D eigenvalue weighted by Gasteiger charge is 2.37. The number of nitrogens with one attached hydrogen (secondary N) is 1. The largest absolute Gasteiger partial charge is 0.390 e. The molecular formula is C16H12Cl2F2N2O4S. The molecule has 0 bridgehead atoms. The van der Waals surface area contributed by atoms with Gasteiger partial charge in [-0.25, -0.2) is 17.2 Å². The van der Waals surface area contributed by atoms with Gasteiger partial charge in [-0.1, -0.05) is 23.2 Å². The van der Waals surface area contributed by atoms with Gasteiger partial charge < -0.3 is 10.4 Å². The first-order valence-corrected chi connectivity index (χ1v) is 9.73. The highest BCUT2D eigenvalue weighted by atomic mass is 35.5. The summed E-state index contributed by atoms with van der Waals surface area (Å²) in [5, 5.41) is 11.1. The van der Waals surface area contributed by atoms with Gasteiger partial charge in [0, 0.05) is 18.8 Å². The van der Waals surface area contributed by atoms with Crippen LogP contribution in [0.4, 0.5) is 14.5 Å². The second-order valence-electron chi connectivity index (χ2n) is 5.82. The van der Waals surface area contributed by atoms with Crippen LogP contribution in [0.25, 0.3) is 0 Å². The SMILES string of the molecule is O=C(Nc1ccc(F)c(Cl)c1)c1cc(S(=O)(=O)N2CC(O)C2)c(F)cc1Cl. The number of sulfonamides is 1. The minimum absolute atomic E-state index is 0.141. The summed E-state index contributed by atoms with van der Waals surface area (Å²) < 4.78 is 53.2. The van der Waals surface area contributed by atoms with Crippen LogP contribution in [-0.2, 0) is 10.0 Å². The summed E-state index contributed by atoms with van der Waals surface area (Å²) in [6.45, 7) is -0.333. The van der Waals surface area contributed by atoms with Crippen LogP contribution < -0.4 is 5.32 Å². The lowest BCUT2D eigenvalue weighted by molar-refractivity contribution is 0.0546. The second-order valence-corrected chi connectivity index (χ2v) is 8.54. The maximum Gasteiger partial charge on any atom is 0.257 e. The van der Waals surface area contributed by atoms with Crippen molar-refractivity contribution in [2.75, 3.05) is 18.4 Å². The molecule has 0 atom stereocenters. The molecule has 1 aliphatic heterocycles. The van der Waals surface area contributed by atoms with Crippen LogP contribution in [0, 0.1) is 11.6 Å². The third kappa shape index (κ3) is 3.92. The van der Waals surface area contributed by atoms with Crippen molar-refractivity contribution in [1.82, 2.24) is 4.31 Å². The second kappa shape index (κ2) is 7.33. The zero-order chi connectivity index (χ0) is 19.9. The van der Waals surface area contributed by atoms with Crippen LogP contribution in [0.3, 0.4) is 0 Å². The molecule has 0 aromatic heterocycles. The van der Waals surface area contributed by atoms with Crippen molar-refractivity contribution in [2.45, 2.75) is 11.0 Å². The molecule has 0 saturated carbocycles. The van der Waals surface area contributed by atoms with Crippen molar-refractivity contribution in [3.05, 3.63) is 57.6 Å². The maximum atomic E-state index is 14.2. The van der Waals surface area contributed by atoms with Crippen LogP contribution in [0.5, 0.6) is 0 Å². The molecule has 6 nitrogen and oxygen atoms in total. The molecule has 144 valence electrons. The molecule has 0 unspecified atom stereocenters. The lowest BCUT2D eigenvalue weighted by atomic mass is 10.2. The summed E-state index contributed by atoms with van der Waals surface area (Å²) in [4.78, 5) is 11.7. The van der Waals surface area contributed by atoms with Gasteiger partial charge in [0.2, 0.25) is 10.0 Å². The molecule has 0 spiro atoms. The van der Waals surface area contributed by atoms with E-state index in [2.05, 4.69) is 5.32 Å². The summed E-state index contributed by atoms with van der Waals surface area (Å²) >= 11 is 11.5. The summed E-state index contributed by atoms with van der Waals surface area (Å²) in [5.74, 6) is -2.63. The Kier molecular flexibility index (Phi) is 5.42. The molecule has 2 aromatic rings.